The minimum Gasteiger partial charge on any atom is -0.304 e. The Kier molecular flexibility index (Phi) is 4.08. The highest BCUT2D eigenvalue weighted by molar-refractivity contribution is 6.31. The molecule has 0 amide bonds. The van der Waals surface area contributed by atoms with Gasteiger partial charge >= 0.3 is 0 Å². The average molecular weight is 321 g/mol. The van der Waals surface area contributed by atoms with Crippen LogP contribution in [0.15, 0.2) is 36.7 Å². The van der Waals surface area contributed by atoms with Crippen molar-refractivity contribution in [3.8, 4) is 0 Å². The average Bonchev–Trinajstić information content (AvgIpc) is 2.85. The van der Waals surface area contributed by atoms with Crippen LogP contribution in [0.2, 0.25) is 5.02 Å². The van der Waals surface area contributed by atoms with Crippen LogP contribution in [-0.2, 0) is 6.42 Å². The first-order chi connectivity index (χ1) is 10.2. The van der Waals surface area contributed by atoms with Crippen molar-refractivity contribution in [2.75, 3.05) is 5.88 Å². The summed E-state index contributed by atoms with van der Waals surface area (Å²) in [6, 6.07) is 7.73. The molecule has 0 saturated carbocycles. The molecule has 3 rings (SSSR count). The summed E-state index contributed by atoms with van der Waals surface area (Å²) in [5.41, 5.74) is 2.55. The van der Waals surface area contributed by atoms with Gasteiger partial charge in [0.1, 0.15) is 11.3 Å². The number of fused-ring (bicyclic) bond motifs is 1. The Labute approximate surface area is 132 Å². The second-order valence-electron chi connectivity index (χ2n) is 4.76. The van der Waals surface area contributed by atoms with Gasteiger partial charge in [0.05, 0.1) is 16.8 Å². The molecule has 21 heavy (non-hydrogen) atoms. The second-order valence-corrected chi connectivity index (χ2v) is 5.58. The van der Waals surface area contributed by atoms with Gasteiger partial charge in [0, 0.05) is 24.7 Å². The molecule has 0 saturated heterocycles. The largest absolute Gasteiger partial charge is 0.304 e. The minimum absolute atomic E-state index is 0.0306. The fourth-order valence-electron chi connectivity index (χ4n) is 2.43. The van der Waals surface area contributed by atoms with Crippen LogP contribution in [-0.4, -0.2) is 25.4 Å². The number of pyridine rings is 2. The SMILES string of the molecule is CC(c1ccccn1)n1c(CCCl)nc2cc(Cl)cnc21. The van der Waals surface area contributed by atoms with Crippen LogP contribution >= 0.6 is 23.2 Å². The first-order valence-corrected chi connectivity index (χ1v) is 7.61. The lowest BCUT2D eigenvalue weighted by molar-refractivity contribution is 0.603. The molecule has 4 nitrogen and oxygen atoms in total. The van der Waals surface area contributed by atoms with Gasteiger partial charge in [0.2, 0.25) is 0 Å². The number of rotatable bonds is 4. The van der Waals surface area contributed by atoms with Crippen molar-refractivity contribution in [1.82, 2.24) is 19.5 Å². The van der Waals surface area contributed by atoms with Crippen LogP contribution in [0.3, 0.4) is 0 Å². The molecule has 1 unspecified atom stereocenters. The van der Waals surface area contributed by atoms with Crippen LogP contribution in [0.5, 0.6) is 0 Å². The van der Waals surface area contributed by atoms with Gasteiger partial charge in [-0.15, -0.1) is 11.6 Å². The molecule has 0 fully saturated rings. The maximum Gasteiger partial charge on any atom is 0.160 e. The summed E-state index contributed by atoms with van der Waals surface area (Å²) in [5.74, 6) is 1.40. The van der Waals surface area contributed by atoms with Crippen LogP contribution in [0, 0.1) is 0 Å². The van der Waals surface area contributed by atoms with Crippen molar-refractivity contribution in [1.29, 1.82) is 0 Å². The van der Waals surface area contributed by atoms with E-state index in [2.05, 4.69) is 26.4 Å². The zero-order chi connectivity index (χ0) is 14.8. The van der Waals surface area contributed by atoms with Gasteiger partial charge in [-0.1, -0.05) is 17.7 Å². The molecule has 3 aromatic rings. The molecule has 3 aromatic heterocycles. The molecule has 1 atom stereocenters. The summed E-state index contributed by atoms with van der Waals surface area (Å²) in [6.07, 6.45) is 4.10. The van der Waals surface area contributed by atoms with Crippen molar-refractivity contribution in [2.45, 2.75) is 19.4 Å². The van der Waals surface area contributed by atoms with E-state index in [0.29, 0.717) is 17.3 Å². The van der Waals surface area contributed by atoms with Crippen molar-refractivity contribution in [3.63, 3.8) is 0 Å². The summed E-state index contributed by atoms with van der Waals surface area (Å²) in [6.45, 7) is 2.08. The fraction of sp³-hybridized carbons (Fsp3) is 0.267. The summed E-state index contributed by atoms with van der Waals surface area (Å²) in [4.78, 5) is 13.5. The number of aromatic nitrogens is 4. The Morgan fingerprint density at radius 3 is 2.86 bits per heavy atom. The number of imidazole rings is 1. The van der Waals surface area contributed by atoms with E-state index in [-0.39, 0.29) is 6.04 Å². The molecule has 108 valence electrons. The lowest BCUT2D eigenvalue weighted by atomic mass is 10.2. The van der Waals surface area contributed by atoms with Gasteiger partial charge in [-0.2, -0.15) is 0 Å². The summed E-state index contributed by atoms with van der Waals surface area (Å²) < 4.78 is 2.08. The highest BCUT2D eigenvalue weighted by Gasteiger charge is 2.18. The third kappa shape index (κ3) is 2.74. The van der Waals surface area contributed by atoms with Crippen LogP contribution < -0.4 is 0 Å². The standard InChI is InChI=1S/C15H14Cl2N4/c1-10(12-4-2-3-7-18-12)21-14(5-6-16)20-13-8-11(17)9-19-15(13)21/h2-4,7-10H,5-6H2,1H3. The molecule has 6 heteroatoms. The molecule has 0 aliphatic rings. The predicted molar refractivity (Wildman–Crippen MR) is 85.0 cm³/mol. The zero-order valence-electron chi connectivity index (χ0n) is 11.5. The minimum atomic E-state index is 0.0306. The van der Waals surface area contributed by atoms with Crippen molar-refractivity contribution in [2.24, 2.45) is 0 Å². The quantitative estimate of drug-likeness (QED) is 0.685. The molecule has 0 aliphatic heterocycles. The number of aryl methyl sites for hydroxylation is 1. The van der Waals surface area contributed by atoms with E-state index in [1.165, 1.54) is 0 Å². The normalized spacial score (nSPS) is 12.7. The second kappa shape index (κ2) is 6.00. The topological polar surface area (TPSA) is 43.6 Å². The fourth-order valence-corrected chi connectivity index (χ4v) is 2.75. The van der Waals surface area contributed by atoms with Gasteiger partial charge < -0.3 is 4.57 Å². The van der Waals surface area contributed by atoms with Gasteiger partial charge in [0.25, 0.3) is 0 Å². The van der Waals surface area contributed by atoms with Gasteiger partial charge in [-0.05, 0) is 25.1 Å². The van der Waals surface area contributed by atoms with Crippen molar-refractivity contribution in [3.05, 3.63) is 53.2 Å². The number of alkyl halides is 1. The Bertz CT molecular complexity index is 755. The Morgan fingerprint density at radius 2 is 2.14 bits per heavy atom. The van der Waals surface area contributed by atoms with E-state index < -0.39 is 0 Å². The Hall–Kier alpha value is -1.65. The van der Waals surface area contributed by atoms with Gasteiger partial charge in [-0.25, -0.2) is 9.97 Å². The summed E-state index contributed by atoms with van der Waals surface area (Å²) in [5, 5.41) is 0.579. The molecule has 0 N–H and O–H groups in total. The molecule has 0 aliphatic carbocycles. The Morgan fingerprint density at radius 1 is 1.29 bits per heavy atom. The number of hydrogen-bond acceptors (Lipinski definition) is 3. The highest BCUT2D eigenvalue weighted by Crippen LogP contribution is 2.25. The molecule has 0 radical (unpaired) electrons. The van der Waals surface area contributed by atoms with Crippen molar-refractivity contribution < 1.29 is 0 Å². The first-order valence-electron chi connectivity index (χ1n) is 6.70. The molecule has 0 bridgehead atoms. The van der Waals surface area contributed by atoms with Crippen LogP contribution in [0.1, 0.15) is 24.5 Å². The zero-order valence-corrected chi connectivity index (χ0v) is 13.0. The lowest BCUT2D eigenvalue weighted by Crippen LogP contribution is -2.13. The third-order valence-electron chi connectivity index (χ3n) is 3.39. The maximum absolute atomic E-state index is 6.00. The molecular weight excluding hydrogens is 307 g/mol. The summed E-state index contributed by atoms with van der Waals surface area (Å²) >= 11 is 11.9. The number of nitrogens with zero attached hydrogens (tertiary/aromatic N) is 4. The Balaban J connectivity index is 2.17. The number of hydrogen-bond donors (Lipinski definition) is 0. The maximum atomic E-state index is 6.00. The van der Waals surface area contributed by atoms with E-state index in [1.807, 2.05) is 24.3 Å². The van der Waals surface area contributed by atoms with E-state index in [4.69, 9.17) is 23.2 Å². The lowest BCUT2D eigenvalue weighted by Gasteiger charge is -2.16. The monoisotopic (exact) mass is 320 g/mol. The molecule has 3 heterocycles. The molecule has 0 spiro atoms. The smallest absolute Gasteiger partial charge is 0.160 e. The number of halogens is 2. The predicted octanol–water partition coefficient (Wildman–Crippen LogP) is 3.87. The first kappa shape index (κ1) is 14.3. The summed E-state index contributed by atoms with van der Waals surface area (Å²) in [7, 11) is 0. The van der Waals surface area contributed by atoms with Gasteiger partial charge in [0.15, 0.2) is 5.65 Å². The van der Waals surface area contributed by atoms with Crippen LogP contribution in [0.25, 0.3) is 11.2 Å². The van der Waals surface area contributed by atoms with Gasteiger partial charge in [-0.3, -0.25) is 4.98 Å². The van der Waals surface area contributed by atoms with E-state index in [0.717, 1.165) is 22.7 Å². The van der Waals surface area contributed by atoms with E-state index in [9.17, 15) is 0 Å². The molecular formula is C15H14Cl2N4. The third-order valence-corrected chi connectivity index (χ3v) is 3.79. The molecule has 0 aromatic carbocycles. The van der Waals surface area contributed by atoms with E-state index in [1.54, 1.807) is 12.4 Å². The van der Waals surface area contributed by atoms with Crippen molar-refractivity contribution >= 4 is 34.4 Å². The van der Waals surface area contributed by atoms with Crippen LogP contribution in [0.4, 0.5) is 0 Å². The highest BCUT2D eigenvalue weighted by atomic mass is 35.5. The van der Waals surface area contributed by atoms with E-state index >= 15 is 0 Å².